The number of rotatable bonds is 6. The van der Waals surface area contributed by atoms with Crippen LogP contribution < -0.4 is 14.8 Å². The second-order valence-corrected chi connectivity index (χ2v) is 7.94. The van der Waals surface area contributed by atoms with E-state index in [-0.39, 0.29) is 10.8 Å². The highest BCUT2D eigenvalue weighted by Crippen LogP contribution is 2.22. The van der Waals surface area contributed by atoms with E-state index in [4.69, 9.17) is 4.74 Å². The molecule has 1 aromatic heterocycles. The summed E-state index contributed by atoms with van der Waals surface area (Å²) in [5.74, 6) is 0.232. The summed E-state index contributed by atoms with van der Waals surface area (Å²) in [6, 6.07) is 12.5. The van der Waals surface area contributed by atoms with Crippen LogP contribution in [0.15, 0.2) is 53.4 Å². The number of benzene rings is 2. The Morgan fingerprint density at radius 3 is 2.48 bits per heavy atom. The number of hydrogen-bond donors (Lipinski definition) is 2. The summed E-state index contributed by atoms with van der Waals surface area (Å²) in [4.78, 5) is 12.6. The largest absolute Gasteiger partial charge is 0.497 e. The third-order valence-electron chi connectivity index (χ3n) is 3.60. The lowest BCUT2D eigenvalue weighted by atomic mass is 10.3. The smallest absolute Gasteiger partial charge is 0.269 e. The molecule has 2 aromatic carbocycles. The Bertz CT molecular complexity index is 1060. The molecular weight excluding hydrogens is 388 g/mol. The van der Waals surface area contributed by atoms with Crippen LogP contribution in [0.25, 0.3) is 0 Å². The molecule has 0 saturated heterocycles. The minimum Gasteiger partial charge on any atom is -0.497 e. The first-order valence-corrected chi connectivity index (χ1v) is 10.0. The van der Waals surface area contributed by atoms with Crippen molar-refractivity contribution in [1.29, 1.82) is 0 Å². The molecule has 1 amide bonds. The summed E-state index contributed by atoms with van der Waals surface area (Å²) < 4.78 is 36.5. The maximum Gasteiger partial charge on any atom is 0.269 e. The van der Waals surface area contributed by atoms with Crippen molar-refractivity contribution in [1.82, 2.24) is 9.59 Å². The maximum absolute atomic E-state index is 12.6. The first-order valence-electron chi connectivity index (χ1n) is 7.76. The zero-order chi connectivity index (χ0) is 19.4. The van der Waals surface area contributed by atoms with Gasteiger partial charge in [0.2, 0.25) is 0 Å². The van der Waals surface area contributed by atoms with Gasteiger partial charge in [-0.25, -0.2) is 8.42 Å². The van der Waals surface area contributed by atoms with Crippen LogP contribution in [0, 0.1) is 6.92 Å². The van der Waals surface area contributed by atoms with Gasteiger partial charge < -0.3 is 10.1 Å². The summed E-state index contributed by atoms with van der Waals surface area (Å²) in [5, 5.41) is 6.45. The third kappa shape index (κ3) is 4.41. The summed E-state index contributed by atoms with van der Waals surface area (Å²) in [6.45, 7) is 1.68. The van der Waals surface area contributed by atoms with Crippen LogP contribution in [0.2, 0.25) is 0 Å². The first-order chi connectivity index (χ1) is 12.9. The average Bonchev–Trinajstić information content (AvgIpc) is 3.08. The number of sulfonamides is 1. The fourth-order valence-corrected chi connectivity index (χ4v) is 3.90. The standard InChI is InChI=1S/C17H16N4O4S2/c1-11-16(26-21-19-11)17(22)18-13-4-3-5-15(10-13)27(23,24)20-12-6-8-14(25-2)9-7-12/h3-10,20H,1-2H3,(H,18,22). The van der Waals surface area contributed by atoms with E-state index in [0.29, 0.717) is 27.7 Å². The second kappa shape index (κ2) is 7.72. The van der Waals surface area contributed by atoms with Gasteiger partial charge in [0.1, 0.15) is 10.6 Å². The Morgan fingerprint density at radius 2 is 1.85 bits per heavy atom. The van der Waals surface area contributed by atoms with Crippen molar-refractivity contribution >= 4 is 38.8 Å². The highest BCUT2D eigenvalue weighted by molar-refractivity contribution is 7.92. The topological polar surface area (TPSA) is 110 Å². The Hall–Kier alpha value is -2.98. The van der Waals surface area contributed by atoms with Gasteiger partial charge in [-0.1, -0.05) is 10.6 Å². The predicted octanol–water partition coefficient (Wildman–Crippen LogP) is 2.91. The zero-order valence-electron chi connectivity index (χ0n) is 14.5. The molecule has 0 unspecified atom stereocenters. The van der Waals surface area contributed by atoms with Crippen LogP contribution in [-0.4, -0.2) is 31.0 Å². The number of amides is 1. The molecule has 1 heterocycles. The SMILES string of the molecule is COc1ccc(NS(=O)(=O)c2cccc(NC(=O)c3snnc3C)c2)cc1. The lowest BCUT2D eigenvalue weighted by molar-refractivity contribution is 0.102. The van der Waals surface area contributed by atoms with Crippen molar-refractivity contribution in [2.45, 2.75) is 11.8 Å². The van der Waals surface area contributed by atoms with Crippen LogP contribution in [0.1, 0.15) is 15.4 Å². The van der Waals surface area contributed by atoms with Crippen LogP contribution in [0.3, 0.4) is 0 Å². The minimum absolute atomic E-state index is 0.0234. The van der Waals surface area contributed by atoms with Gasteiger partial charge in [0.05, 0.1) is 17.7 Å². The number of aryl methyl sites for hydroxylation is 1. The minimum atomic E-state index is -3.82. The zero-order valence-corrected chi connectivity index (χ0v) is 16.1. The van der Waals surface area contributed by atoms with E-state index in [0.717, 1.165) is 11.5 Å². The summed E-state index contributed by atoms with van der Waals surface area (Å²) >= 11 is 0.977. The summed E-state index contributed by atoms with van der Waals surface area (Å²) in [5.41, 5.74) is 1.27. The lowest BCUT2D eigenvalue weighted by Gasteiger charge is -2.10. The van der Waals surface area contributed by atoms with E-state index in [1.807, 2.05) is 0 Å². The Balaban J connectivity index is 1.79. The Morgan fingerprint density at radius 1 is 1.11 bits per heavy atom. The number of anilines is 2. The van der Waals surface area contributed by atoms with E-state index in [1.165, 1.54) is 19.2 Å². The molecule has 10 heteroatoms. The fourth-order valence-electron chi connectivity index (χ4n) is 2.24. The van der Waals surface area contributed by atoms with Crippen LogP contribution in [0.5, 0.6) is 5.75 Å². The molecule has 0 spiro atoms. The van der Waals surface area contributed by atoms with Crippen molar-refractivity contribution in [3.63, 3.8) is 0 Å². The second-order valence-electron chi connectivity index (χ2n) is 5.50. The van der Waals surface area contributed by atoms with Gasteiger partial charge in [-0.15, -0.1) is 5.10 Å². The van der Waals surface area contributed by atoms with E-state index in [9.17, 15) is 13.2 Å². The Kier molecular flexibility index (Phi) is 5.38. The van der Waals surface area contributed by atoms with Crippen molar-refractivity contribution in [2.75, 3.05) is 17.1 Å². The molecule has 0 saturated carbocycles. The van der Waals surface area contributed by atoms with E-state index in [1.54, 1.807) is 43.3 Å². The van der Waals surface area contributed by atoms with Crippen molar-refractivity contribution < 1.29 is 17.9 Å². The number of nitrogens with zero attached hydrogens (tertiary/aromatic N) is 2. The number of aromatic nitrogens is 2. The molecule has 3 aromatic rings. The molecule has 0 aliphatic carbocycles. The molecule has 27 heavy (non-hydrogen) atoms. The van der Waals surface area contributed by atoms with Gasteiger partial charge in [0.25, 0.3) is 15.9 Å². The number of methoxy groups -OCH3 is 1. The number of ether oxygens (including phenoxy) is 1. The van der Waals surface area contributed by atoms with Gasteiger partial charge in [-0.3, -0.25) is 9.52 Å². The van der Waals surface area contributed by atoms with Gasteiger partial charge in [0, 0.05) is 11.4 Å². The predicted molar refractivity (Wildman–Crippen MR) is 103 cm³/mol. The number of nitrogens with one attached hydrogen (secondary N) is 2. The normalized spacial score (nSPS) is 11.0. The van der Waals surface area contributed by atoms with E-state index >= 15 is 0 Å². The number of carbonyl (C=O) groups excluding carboxylic acids is 1. The molecule has 3 rings (SSSR count). The molecule has 0 bridgehead atoms. The van der Waals surface area contributed by atoms with Gasteiger partial charge in [0.15, 0.2) is 0 Å². The molecule has 2 N–H and O–H groups in total. The van der Waals surface area contributed by atoms with Crippen molar-refractivity contribution in [3.05, 3.63) is 59.1 Å². The number of carbonyl (C=O) groups is 1. The lowest BCUT2D eigenvalue weighted by Crippen LogP contribution is -2.15. The molecule has 0 aliphatic rings. The van der Waals surface area contributed by atoms with Crippen molar-refractivity contribution in [3.8, 4) is 5.75 Å². The molecule has 0 fully saturated rings. The van der Waals surface area contributed by atoms with Crippen molar-refractivity contribution in [2.24, 2.45) is 0 Å². The maximum atomic E-state index is 12.6. The van der Waals surface area contributed by atoms with Gasteiger partial charge in [-0.2, -0.15) is 0 Å². The van der Waals surface area contributed by atoms with E-state index in [2.05, 4.69) is 19.6 Å². The molecule has 8 nitrogen and oxygen atoms in total. The number of hydrogen-bond acceptors (Lipinski definition) is 7. The molecule has 0 aliphatic heterocycles. The van der Waals surface area contributed by atoms with Crippen LogP contribution in [-0.2, 0) is 10.0 Å². The summed E-state index contributed by atoms with van der Waals surface area (Å²) in [7, 11) is -2.29. The van der Waals surface area contributed by atoms with Gasteiger partial charge in [-0.05, 0) is 60.9 Å². The van der Waals surface area contributed by atoms with Crippen LogP contribution in [0.4, 0.5) is 11.4 Å². The molecule has 140 valence electrons. The van der Waals surface area contributed by atoms with Crippen LogP contribution >= 0.6 is 11.5 Å². The third-order valence-corrected chi connectivity index (χ3v) is 5.81. The highest BCUT2D eigenvalue weighted by Gasteiger charge is 2.17. The molecule has 0 radical (unpaired) electrons. The van der Waals surface area contributed by atoms with E-state index < -0.39 is 10.0 Å². The van der Waals surface area contributed by atoms with Gasteiger partial charge >= 0.3 is 0 Å². The summed E-state index contributed by atoms with van der Waals surface area (Å²) in [6.07, 6.45) is 0. The molecular formula is C17H16N4O4S2. The molecule has 0 atom stereocenters. The monoisotopic (exact) mass is 404 g/mol. The first kappa shape index (κ1) is 18.8. The Labute approximate surface area is 160 Å². The quantitative estimate of drug-likeness (QED) is 0.654. The average molecular weight is 404 g/mol. The fraction of sp³-hybridized carbons (Fsp3) is 0.118. The highest BCUT2D eigenvalue weighted by atomic mass is 32.2.